The molecule has 1 amide bonds. The van der Waals surface area contributed by atoms with Gasteiger partial charge in [-0.25, -0.2) is 4.52 Å². The fourth-order valence-electron chi connectivity index (χ4n) is 1.84. The first-order chi connectivity index (χ1) is 9.24. The van der Waals surface area contributed by atoms with E-state index >= 15 is 0 Å². The van der Waals surface area contributed by atoms with Gasteiger partial charge in [0.05, 0.1) is 17.3 Å². The molecule has 0 unspecified atom stereocenters. The highest BCUT2D eigenvalue weighted by atomic mass is 79.9. The van der Waals surface area contributed by atoms with Crippen molar-refractivity contribution in [2.24, 2.45) is 0 Å². The van der Waals surface area contributed by atoms with Gasteiger partial charge in [-0.1, -0.05) is 22.0 Å². The minimum Gasteiger partial charge on any atom is -0.322 e. The molecular formula is C14H10BrN3O. The minimum atomic E-state index is -0.163. The fourth-order valence-corrected chi connectivity index (χ4v) is 2.11. The number of carbonyl (C=O) groups excluding carboxylic acids is 1. The summed E-state index contributed by atoms with van der Waals surface area (Å²) in [6, 6.07) is 13.1. The number of hydrogen-bond donors (Lipinski definition) is 1. The SMILES string of the molecule is O=C(Nc1ccc(Br)cc1)c1cnn2ccccc12. The van der Waals surface area contributed by atoms with Gasteiger partial charge in [0.1, 0.15) is 0 Å². The van der Waals surface area contributed by atoms with E-state index < -0.39 is 0 Å². The lowest BCUT2D eigenvalue weighted by atomic mass is 10.2. The van der Waals surface area contributed by atoms with Crippen LogP contribution >= 0.6 is 15.9 Å². The maximum atomic E-state index is 12.2. The van der Waals surface area contributed by atoms with E-state index in [1.165, 1.54) is 0 Å². The van der Waals surface area contributed by atoms with Crippen molar-refractivity contribution in [3.05, 3.63) is 64.9 Å². The molecule has 0 aliphatic rings. The number of amides is 1. The van der Waals surface area contributed by atoms with Crippen LogP contribution < -0.4 is 5.32 Å². The van der Waals surface area contributed by atoms with E-state index in [-0.39, 0.29) is 5.91 Å². The third-order valence-electron chi connectivity index (χ3n) is 2.77. The summed E-state index contributed by atoms with van der Waals surface area (Å²) in [7, 11) is 0. The maximum Gasteiger partial charge on any atom is 0.259 e. The van der Waals surface area contributed by atoms with Crippen molar-refractivity contribution in [2.45, 2.75) is 0 Å². The lowest BCUT2D eigenvalue weighted by Crippen LogP contribution is -2.11. The molecule has 94 valence electrons. The highest BCUT2D eigenvalue weighted by Crippen LogP contribution is 2.16. The average Bonchev–Trinajstić information content (AvgIpc) is 2.85. The Labute approximate surface area is 118 Å². The molecule has 0 bridgehead atoms. The largest absolute Gasteiger partial charge is 0.322 e. The van der Waals surface area contributed by atoms with E-state index in [0.29, 0.717) is 5.56 Å². The Hall–Kier alpha value is -2.14. The number of pyridine rings is 1. The second-order valence-corrected chi connectivity index (χ2v) is 4.97. The Kier molecular flexibility index (Phi) is 3.05. The number of halogens is 1. The summed E-state index contributed by atoms with van der Waals surface area (Å²) in [4.78, 5) is 12.2. The van der Waals surface area contributed by atoms with Crippen molar-refractivity contribution in [3.8, 4) is 0 Å². The molecule has 0 fully saturated rings. The number of benzene rings is 1. The van der Waals surface area contributed by atoms with Crippen molar-refractivity contribution in [2.75, 3.05) is 5.32 Å². The molecule has 0 spiro atoms. The van der Waals surface area contributed by atoms with Gasteiger partial charge >= 0.3 is 0 Å². The van der Waals surface area contributed by atoms with Gasteiger partial charge in [-0.05, 0) is 36.4 Å². The summed E-state index contributed by atoms with van der Waals surface area (Å²) in [6.45, 7) is 0. The Morgan fingerprint density at radius 3 is 2.74 bits per heavy atom. The number of aromatic nitrogens is 2. The van der Waals surface area contributed by atoms with Crippen LogP contribution in [-0.4, -0.2) is 15.5 Å². The van der Waals surface area contributed by atoms with Crippen molar-refractivity contribution in [1.82, 2.24) is 9.61 Å². The van der Waals surface area contributed by atoms with Gasteiger partial charge < -0.3 is 5.32 Å². The third-order valence-corrected chi connectivity index (χ3v) is 3.30. The van der Waals surface area contributed by atoms with Crippen LogP contribution in [0.25, 0.3) is 5.52 Å². The van der Waals surface area contributed by atoms with Crippen molar-refractivity contribution in [1.29, 1.82) is 0 Å². The quantitative estimate of drug-likeness (QED) is 0.788. The van der Waals surface area contributed by atoms with E-state index in [4.69, 9.17) is 0 Å². The highest BCUT2D eigenvalue weighted by molar-refractivity contribution is 9.10. The van der Waals surface area contributed by atoms with Crippen LogP contribution in [0.15, 0.2) is 59.3 Å². The molecule has 4 nitrogen and oxygen atoms in total. The van der Waals surface area contributed by atoms with Crippen LogP contribution in [0.2, 0.25) is 0 Å². The molecule has 1 aromatic carbocycles. The summed E-state index contributed by atoms with van der Waals surface area (Å²) < 4.78 is 2.65. The van der Waals surface area contributed by atoms with E-state index in [0.717, 1.165) is 15.7 Å². The number of anilines is 1. The summed E-state index contributed by atoms with van der Waals surface area (Å²) in [5.41, 5.74) is 2.10. The number of fused-ring (bicyclic) bond motifs is 1. The van der Waals surface area contributed by atoms with Crippen LogP contribution in [0.5, 0.6) is 0 Å². The standard InChI is InChI=1S/C14H10BrN3O/c15-10-4-6-11(7-5-10)17-14(19)12-9-16-18-8-2-1-3-13(12)18/h1-9H,(H,17,19). The molecule has 0 aliphatic heterocycles. The molecular weight excluding hydrogens is 306 g/mol. The van der Waals surface area contributed by atoms with Gasteiger partial charge in [-0.15, -0.1) is 0 Å². The van der Waals surface area contributed by atoms with Crippen LogP contribution in [-0.2, 0) is 0 Å². The van der Waals surface area contributed by atoms with Gasteiger partial charge in [0.15, 0.2) is 0 Å². The lowest BCUT2D eigenvalue weighted by Gasteiger charge is -2.04. The first kappa shape index (κ1) is 11.9. The van der Waals surface area contributed by atoms with E-state index in [1.54, 1.807) is 10.7 Å². The molecule has 3 rings (SSSR count). The van der Waals surface area contributed by atoms with Gasteiger partial charge in [0.25, 0.3) is 5.91 Å². The van der Waals surface area contributed by atoms with E-state index in [1.807, 2.05) is 48.7 Å². The molecule has 19 heavy (non-hydrogen) atoms. The van der Waals surface area contributed by atoms with Gasteiger partial charge in [0.2, 0.25) is 0 Å². The van der Waals surface area contributed by atoms with Crippen molar-refractivity contribution < 1.29 is 4.79 Å². The summed E-state index contributed by atoms with van der Waals surface area (Å²) in [6.07, 6.45) is 3.38. The summed E-state index contributed by atoms with van der Waals surface area (Å²) >= 11 is 3.36. The predicted molar refractivity (Wildman–Crippen MR) is 77.3 cm³/mol. The highest BCUT2D eigenvalue weighted by Gasteiger charge is 2.12. The molecule has 3 aromatic rings. The number of carbonyl (C=O) groups is 1. The molecule has 2 aromatic heterocycles. The van der Waals surface area contributed by atoms with E-state index in [9.17, 15) is 4.79 Å². The Morgan fingerprint density at radius 2 is 1.95 bits per heavy atom. The zero-order chi connectivity index (χ0) is 13.2. The lowest BCUT2D eigenvalue weighted by molar-refractivity contribution is 0.102. The smallest absolute Gasteiger partial charge is 0.259 e. The van der Waals surface area contributed by atoms with Crippen LogP contribution in [0, 0.1) is 0 Å². The van der Waals surface area contributed by atoms with Crippen LogP contribution in [0.3, 0.4) is 0 Å². The monoisotopic (exact) mass is 315 g/mol. The molecule has 0 radical (unpaired) electrons. The summed E-state index contributed by atoms with van der Waals surface area (Å²) in [5.74, 6) is -0.163. The van der Waals surface area contributed by atoms with Gasteiger partial charge in [0, 0.05) is 16.4 Å². The first-order valence-electron chi connectivity index (χ1n) is 5.73. The first-order valence-corrected chi connectivity index (χ1v) is 6.52. The molecule has 2 heterocycles. The second-order valence-electron chi connectivity index (χ2n) is 4.05. The fraction of sp³-hybridized carbons (Fsp3) is 0. The van der Waals surface area contributed by atoms with Crippen molar-refractivity contribution >= 4 is 33.0 Å². The number of hydrogen-bond acceptors (Lipinski definition) is 2. The Bertz CT molecular complexity index is 734. The predicted octanol–water partition coefficient (Wildman–Crippen LogP) is 3.35. The molecule has 0 aliphatic carbocycles. The van der Waals surface area contributed by atoms with Gasteiger partial charge in [-0.2, -0.15) is 5.10 Å². The van der Waals surface area contributed by atoms with E-state index in [2.05, 4.69) is 26.3 Å². The minimum absolute atomic E-state index is 0.163. The molecule has 5 heteroatoms. The Morgan fingerprint density at radius 1 is 1.16 bits per heavy atom. The third kappa shape index (κ3) is 2.37. The number of nitrogens with one attached hydrogen (secondary N) is 1. The average molecular weight is 316 g/mol. The second kappa shape index (κ2) is 4.85. The maximum absolute atomic E-state index is 12.2. The number of rotatable bonds is 2. The topological polar surface area (TPSA) is 46.4 Å². The zero-order valence-corrected chi connectivity index (χ0v) is 11.5. The summed E-state index contributed by atoms with van der Waals surface area (Å²) in [5, 5.41) is 6.99. The van der Waals surface area contributed by atoms with Crippen LogP contribution in [0.4, 0.5) is 5.69 Å². The molecule has 0 saturated heterocycles. The number of nitrogens with zero attached hydrogens (tertiary/aromatic N) is 2. The normalized spacial score (nSPS) is 10.6. The van der Waals surface area contributed by atoms with Crippen LogP contribution in [0.1, 0.15) is 10.4 Å². The zero-order valence-electron chi connectivity index (χ0n) is 9.88. The van der Waals surface area contributed by atoms with Gasteiger partial charge in [-0.3, -0.25) is 4.79 Å². The Balaban J connectivity index is 1.90. The molecule has 0 saturated carbocycles. The van der Waals surface area contributed by atoms with Crippen molar-refractivity contribution in [3.63, 3.8) is 0 Å². The molecule has 0 atom stereocenters. The molecule has 1 N–H and O–H groups in total.